The van der Waals surface area contributed by atoms with Crippen LogP contribution in [0.3, 0.4) is 0 Å². The first-order valence-corrected chi connectivity index (χ1v) is 3.67. The highest BCUT2D eigenvalue weighted by Crippen LogP contribution is 2.16. The lowest BCUT2D eigenvalue weighted by atomic mass is 10.2. The van der Waals surface area contributed by atoms with Crippen LogP contribution in [-0.2, 0) is 19.1 Å². The number of rotatable bonds is 2. The summed E-state index contributed by atoms with van der Waals surface area (Å²) in [7, 11) is 1.14. The lowest BCUT2D eigenvalue weighted by Gasteiger charge is -1.96. The van der Waals surface area contributed by atoms with Crippen LogP contribution in [0.1, 0.15) is 0 Å². The number of allylic oxidation sites excluding steroid dienone is 1. The van der Waals surface area contributed by atoms with Gasteiger partial charge in [0.05, 0.1) is 18.5 Å². The molecule has 74 valence electrons. The van der Waals surface area contributed by atoms with E-state index in [0.717, 1.165) is 13.2 Å². The first-order chi connectivity index (χ1) is 6.61. The third-order valence-electron chi connectivity index (χ3n) is 1.66. The predicted octanol–water partition coefficient (Wildman–Crippen LogP) is -1.42. The summed E-state index contributed by atoms with van der Waals surface area (Å²) < 4.78 is 4.35. The van der Waals surface area contributed by atoms with Gasteiger partial charge in [0.2, 0.25) is 0 Å². The van der Waals surface area contributed by atoms with Crippen LogP contribution in [0.15, 0.2) is 23.0 Å². The molecule has 0 radical (unpaired) electrons. The van der Waals surface area contributed by atoms with E-state index in [0.29, 0.717) is 6.29 Å². The average molecular weight is 196 g/mol. The van der Waals surface area contributed by atoms with Crippen molar-refractivity contribution in [1.82, 2.24) is 5.32 Å². The third kappa shape index (κ3) is 1.49. The fraction of sp³-hybridized carbons (Fsp3) is 0.125. The zero-order valence-corrected chi connectivity index (χ0v) is 7.37. The molecule has 0 spiro atoms. The lowest BCUT2D eigenvalue weighted by Crippen LogP contribution is -2.21. The topological polar surface area (TPSA) is 98.5 Å². The molecule has 0 fully saturated rings. The Kier molecular flexibility index (Phi) is 2.66. The van der Waals surface area contributed by atoms with Gasteiger partial charge in [0.1, 0.15) is 11.9 Å². The number of hydrogen-bond donors (Lipinski definition) is 2. The Labute approximate surface area is 79.4 Å². The van der Waals surface area contributed by atoms with Crippen molar-refractivity contribution in [3.63, 3.8) is 0 Å². The molecule has 0 bridgehead atoms. The molecule has 0 saturated carbocycles. The molecule has 0 atom stereocenters. The van der Waals surface area contributed by atoms with E-state index in [4.69, 9.17) is 5.73 Å². The molecule has 14 heavy (non-hydrogen) atoms. The summed E-state index contributed by atoms with van der Waals surface area (Å²) in [5.74, 6) is -1.49. The highest BCUT2D eigenvalue weighted by atomic mass is 16.5. The van der Waals surface area contributed by atoms with E-state index in [1.165, 1.54) is 0 Å². The van der Waals surface area contributed by atoms with Crippen molar-refractivity contribution < 1.29 is 19.1 Å². The van der Waals surface area contributed by atoms with Crippen LogP contribution >= 0.6 is 0 Å². The van der Waals surface area contributed by atoms with Gasteiger partial charge >= 0.3 is 5.97 Å². The predicted molar refractivity (Wildman–Crippen MR) is 45.5 cm³/mol. The summed E-state index contributed by atoms with van der Waals surface area (Å²) in [5, 5.41) is 2.26. The van der Waals surface area contributed by atoms with Crippen molar-refractivity contribution in [1.29, 1.82) is 0 Å². The molecule has 0 unspecified atom stereocenters. The van der Waals surface area contributed by atoms with Gasteiger partial charge in [-0.15, -0.1) is 0 Å². The van der Waals surface area contributed by atoms with E-state index in [2.05, 4.69) is 10.1 Å². The van der Waals surface area contributed by atoms with Crippen molar-refractivity contribution >= 4 is 18.2 Å². The summed E-state index contributed by atoms with van der Waals surface area (Å²) >= 11 is 0. The summed E-state index contributed by atoms with van der Waals surface area (Å²) in [5.41, 5.74) is 5.21. The molecule has 1 aliphatic heterocycles. The SMILES string of the molecule is COC(=O)C1=C(N)/C(=C\C=O)NC1=O. The molecule has 6 nitrogen and oxygen atoms in total. The first kappa shape index (κ1) is 9.97. The van der Waals surface area contributed by atoms with E-state index in [9.17, 15) is 14.4 Å². The van der Waals surface area contributed by atoms with Crippen molar-refractivity contribution in [2.75, 3.05) is 7.11 Å². The highest BCUT2D eigenvalue weighted by molar-refractivity contribution is 6.20. The summed E-state index contributed by atoms with van der Waals surface area (Å²) in [4.78, 5) is 32.3. The van der Waals surface area contributed by atoms with Crippen molar-refractivity contribution in [2.24, 2.45) is 5.73 Å². The van der Waals surface area contributed by atoms with Crippen molar-refractivity contribution in [3.05, 3.63) is 23.0 Å². The number of aldehydes is 1. The maximum absolute atomic E-state index is 11.2. The van der Waals surface area contributed by atoms with Gasteiger partial charge in [-0.2, -0.15) is 0 Å². The Balaban J connectivity index is 3.14. The summed E-state index contributed by atoms with van der Waals surface area (Å²) in [6.07, 6.45) is 1.52. The minimum atomic E-state index is -0.825. The Morgan fingerprint density at radius 2 is 2.21 bits per heavy atom. The summed E-state index contributed by atoms with van der Waals surface area (Å²) in [6, 6.07) is 0. The maximum atomic E-state index is 11.2. The molecular weight excluding hydrogens is 188 g/mol. The molecule has 0 aromatic rings. The molecular formula is C8H8N2O4. The zero-order valence-electron chi connectivity index (χ0n) is 7.37. The quantitative estimate of drug-likeness (QED) is 0.244. The number of carbonyl (C=O) groups is 3. The van der Waals surface area contributed by atoms with E-state index in [1.807, 2.05) is 0 Å². The number of methoxy groups -OCH3 is 1. The van der Waals surface area contributed by atoms with E-state index in [-0.39, 0.29) is 17.0 Å². The van der Waals surface area contributed by atoms with Gasteiger partial charge in [0.25, 0.3) is 5.91 Å². The van der Waals surface area contributed by atoms with Crippen LogP contribution in [0.25, 0.3) is 0 Å². The molecule has 1 amide bonds. The van der Waals surface area contributed by atoms with Crippen LogP contribution in [0.2, 0.25) is 0 Å². The highest BCUT2D eigenvalue weighted by Gasteiger charge is 2.31. The van der Waals surface area contributed by atoms with Crippen LogP contribution in [-0.4, -0.2) is 25.3 Å². The van der Waals surface area contributed by atoms with Crippen LogP contribution in [0, 0.1) is 0 Å². The van der Waals surface area contributed by atoms with Gasteiger partial charge in [0, 0.05) is 6.08 Å². The van der Waals surface area contributed by atoms with E-state index in [1.54, 1.807) is 0 Å². The second-order valence-corrected chi connectivity index (χ2v) is 2.45. The van der Waals surface area contributed by atoms with Gasteiger partial charge in [0.15, 0.2) is 0 Å². The van der Waals surface area contributed by atoms with Gasteiger partial charge in [-0.3, -0.25) is 9.59 Å². The normalized spacial score (nSPS) is 18.4. The maximum Gasteiger partial charge on any atom is 0.345 e. The van der Waals surface area contributed by atoms with Gasteiger partial charge in [-0.05, 0) is 0 Å². The largest absolute Gasteiger partial charge is 0.465 e. The standard InChI is InChI=1S/C8H8N2O4/c1-14-8(13)5-6(9)4(2-3-11)10-7(5)12/h2-3H,9H2,1H3,(H,10,12)/b4-2+. The van der Waals surface area contributed by atoms with E-state index >= 15 is 0 Å². The number of amides is 1. The minimum absolute atomic E-state index is 0.0750. The first-order valence-electron chi connectivity index (χ1n) is 3.67. The average Bonchev–Trinajstić information content (AvgIpc) is 2.42. The van der Waals surface area contributed by atoms with Crippen LogP contribution in [0.5, 0.6) is 0 Å². The minimum Gasteiger partial charge on any atom is -0.465 e. The number of nitrogens with one attached hydrogen (secondary N) is 1. The number of ether oxygens (including phenoxy) is 1. The van der Waals surface area contributed by atoms with E-state index < -0.39 is 11.9 Å². The number of esters is 1. The molecule has 0 aromatic heterocycles. The molecule has 1 rings (SSSR count). The van der Waals surface area contributed by atoms with Crippen molar-refractivity contribution in [3.8, 4) is 0 Å². The second-order valence-electron chi connectivity index (χ2n) is 2.45. The fourth-order valence-corrected chi connectivity index (χ4v) is 1.01. The van der Waals surface area contributed by atoms with Gasteiger partial charge in [-0.1, -0.05) is 0 Å². The molecule has 3 N–H and O–H groups in total. The third-order valence-corrected chi connectivity index (χ3v) is 1.66. The van der Waals surface area contributed by atoms with Crippen molar-refractivity contribution in [2.45, 2.75) is 0 Å². The zero-order chi connectivity index (χ0) is 10.7. The molecule has 1 heterocycles. The molecule has 1 aliphatic rings. The summed E-state index contributed by atoms with van der Waals surface area (Å²) in [6.45, 7) is 0. The lowest BCUT2D eigenvalue weighted by molar-refractivity contribution is -0.137. The second kappa shape index (κ2) is 3.73. The Morgan fingerprint density at radius 3 is 2.71 bits per heavy atom. The smallest absolute Gasteiger partial charge is 0.345 e. The Hall–Kier alpha value is -2.11. The van der Waals surface area contributed by atoms with Crippen LogP contribution in [0.4, 0.5) is 0 Å². The number of carbonyl (C=O) groups excluding carboxylic acids is 3. The molecule has 6 heteroatoms. The number of nitrogens with two attached hydrogens (primary N) is 1. The Morgan fingerprint density at radius 1 is 1.57 bits per heavy atom. The van der Waals surface area contributed by atoms with Gasteiger partial charge < -0.3 is 15.8 Å². The van der Waals surface area contributed by atoms with Crippen LogP contribution < -0.4 is 11.1 Å². The van der Waals surface area contributed by atoms with Gasteiger partial charge in [-0.25, -0.2) is 4.79 Å². The fourth-order valence-electron chi connectivity index (χ4n) is 1.01. The molecule has 0 aliphatic carbocycles. The number of hydrogen-bond acceptors (Lipinski definition) is 5. The molecule has 0 saturated heterocycles. The monoisotopic (exact) mass is 196 g/mol. The Bertz CT molecular complexity index is 368. The molecule has 0 aromatic carbocycles.